The number of hydrogen-bond acceptors (Lipinski definition) is 5. The Morgan fingerprint density at radius 1 is 0.903 bits per heavy atom. The molecule has 2 atom stereocenters. The summed E-state index contributed by atoms with van der Waals surface area (Å²) in [6.07, 6.45) is -1.02. The zero-order valence-electron chi connectivity index (χ0n) is 18.6. The highest BCUT2D eigenvalue weighted by Gasteiger charge is 2.29. The quantitative estimate of drug-likeness (QED) is 0.600. The summed E-state index contributed by atoms with van der Waals surface area (Å²) >= 11 is 0. The third kappa shape index (κ3) is 7.13. The first-order valence-electron chi connectivity index (χ1n) is 10.2. The van der Waals surface area contributed by atoms with Gasteiger partial charge in [0.2, 0.25) is 0 Å². The van der Waals surface area contributed by atoms with Crippen molar-refractivity contribution in [2.24, 2.45) is 5.92 Å². The molecule has 0 aliphatic heterocycles. The number of nitrogens with one attached hydrogen (secondary N) is 2. The van der Waals surface area contributed by atoms with Crippen LogP contribution in [0.25, 0.3) is 0 Å². The van der Waals surface area contributed by atoms with Crippen LogP contribution in [0, 0.1) is 19.8 Å². The Morgan fingerprint density at radius 3 is 2.10 bits per heavy atom. The first kappa shape index (κ1) is 23.9. The van der Waals surface area contributed by atoms with Crippen LogP contribution in [0.5, 0.6) is 5.75 Å². The molecule has 2 aromatic carbocycles. The van der Waals surface area contributed by atoms with Gasteiger partial charge < -0.3 is 20.1 Å². The molecule has 0 aromatic heterocycles. The summed E-state index contributed by atoms with van der Waals surface area (Å²) < 4.78 is 10.8. The number of amides is 2. The topological polar surface area (TPSA) is 93.7 Å². The summed E-state index contributed by atoms with van der Waals surface area (Å²) in [7, 11) is 0. The molecule has 0 heterocycles. The fourth-order valence-electron chi connectivity index (χ4n) is 2.92. The van der Waals surface area contributed by atoms with E-state index in [0.717, 1.165) is 11.1 Å². The number of ether oxygens (including phenoxy) is 2. The van der Waals surface area contributed by atoms with E-state index >= 15 is 0 Å². The highest BCUT2D eigenvalue weighted by molar-refractivity contribution is 5.97. The number of para-hydroxylation sites is 2. The van der Waals surface area contributed by atoms with Crippen molar-refractivity contribution in [1.29, 1.82) is 0 Å². The highest BCUT2D eigenvalue weighted by Crippen LogP contribution is 2.20. The average molecular weight is 427 g/mol. The summed E-state index contributed by atoms with van der Waals surface area (Å²) in [5.41, 5.74) is 2.53. The Bertz CT molecular complexity index is 891. The number of aryl methyl sites for hydroxylation is 2. The molecule has 0 saturated heterocycles. The summed E-state index contributed by atoms with van der Waals surface area (Å²) in [5, 5.41) is 5.44. The lowest BCUT2D eigenvalue weighted by atomic mass is 10.0. The number of carbonyl (C=O) groups is 3. The van der Waals surface area contributed by atoms with Crippen LogP contribution in [-0.2, 0) is 19.1 Å². The first-order valence-corrected chi connectivity index (χ1v) is 10.2. The fraction of sp³-hybridized carbons (Fsp3) is 0.375. The molecule has 2 N–H and O–H groups in total. The number of carbonyl (C=O) groups excluding carboxylic acids is 3. The summed E-state index contributed by atoms with van der Waals surface area (Å²) in [4.78, 5) is 37.4. The Kier molecular flexibility index (Phi) is 8.61. The van der Waals surface area contributed by atoms with E-state index < -0.39 is 29.9 Å². The predicted molar refractivity (Wildman–Crippen MR) is 119 cm³/mol. The summed E-state index contributed by atoms with van der Waals surface area (Å²) in [5.74, 6) is -1.24. The number of anilines is 1. The molecule has 2 rings (SSSR count). The molecular weight excluding hydrogens is 396 g/mol. The fourth-order valence-corrected chi connectivity index (χ4v) is 2.92. The van der Waals surface area contributed by atoms with E-state index in [1.54, 1.807) is 38.1 Å². The van der Waals surface area contributed by atoms with E-state index in [-0.39, 0.29) is 12.5 Å². The van der Waals surface area contributed by atoms with Crippen molar-refractivity contribution in [3.63, 3.8) is 0 Å². The molecule has 0 fully saturated rings. The number of hydrogen-bond donors (Lipinski definition) is 2. The van der Waals surface area contributed by atoms with Crippen LogP contribution in [-0.4, -0.2) is 36.5 Å². The molecule has 0 saturated carbocycles. The number of benzene rings is 2. The molecule has 0 spiro atoms. The second-order valence-corrected chi connectivity index (χ2v) is 7.73. The van der Waals surface area contributed by atoms with E-state index in [0.29, 0.717) is 11.4 Å². The molecule has 0 aliphatic rings. The lowest BCUT2D eigenvalue weighted by Gasteiger charge is -2.23. The van der Waals surface area contributed by atoms with Gasteiger partial charge in [0.15, 0.2) is 12.7 Å². The van der Waals surface area contributed by atoms with Gasteiger partial charge in [-0.25, -0.2) is 4.79 Å². The van der Waals surface area contributed by atoms with Crippen molar-refractivity contribution in [3.8, 4) is 5.75 Å². The van der Waals surface area contributed by atoms with E-state index in [1.807, 2.05) is 38.1 Å². The predicted octanol–water partition coefficient (Wildman–Crippen LogP) is 3.39. The maximum absolute atomic E-state index is 12.6. The van der Waals surface area contributed by atoms with Gasteiger partial charge in [0.05, 0.1) is 0 Å². The van der Waals surface area contributed by atoms with Gasteiger partial charge in [0.1, 0.15) is 11.8 Å². The van der Waals surface area contributed by atoms with Crippen LogP contribution in [0.3, 0.4) is 0 Å². The monoisotopic (exact) mass is 426 g/mol. The van der Waals surface area contributed by atoms with Crippen LogP contribution in [0.2, 0.25) is 0 Å². The second-order valence-electron chi connectivity index (χ2n) is 7.73. The molecular formula is C24H30N2O5. The lowest BCUT2D eigenvalue weighted by Crippen LogP contribution is -2.48. The number of esters is 1. The lowest BCUT2D eigenvalue weighted by molar-refractivity contribution is -0.157. The van der Waals surface area contributed by atoms with E-state index in [9.17, 15) is 14.4 Å². The minimum Gasteiger partial charge on any atom is -0.484 e. The third-order valence-corrected chi connectivity index (χ3v) is 4.74. The van der Waals surface area contributed by atoms with E-state index in [2.05, 4.69) is 10.6 Å². The molecule has 2 aromatic rings. The van der Waals surface area contributed by atoms with Crippen LogP contribution in [0.4, 0.5) is 5.69 Å². The molecule has 7 heteroatoms. The summed E-state index contributed by atoms with van der Waals surface area (Å²) in [6, 6.07) is 13.7. The van der Waals surface area contributed by atoms with Crippen LogP contribution in [0.1, 0.15) is 31.9 Å². The van der Waals surface area contributed by atoms with E-state index in [1.165, 1.54) is 6.92 Å². The Labute approximate surface area is 183 Å². The standard InChI is InChI=1S/C24H30N2O5/c1-15(2)21(25-20(27)14-30-19-12-7-6-8-13-19)24(29)31-18(5)23(28)26-22-16(3)10-9-11-17(22)4/h6-13,15,18,21H,14H2,1-5H3,(H,25,27)(H,26,28)/t18-,21+/m1/s1. The molecule has 2 amide bonds. The van der Waals surface area contributed by atoms with Crippen molar-refractivity contribution in [1.82, 2.24) is 5.32 Å². The minimum atomic E-state index is -1.02. The zero-order valence-corrected chi connectivity index (χ0v) is 18.6. The largest absolute Gasteiger partial charge is 0.484 e. The number of rotatable bonds is 9. The van der Waals surface area contributed by atoms with E-state index in [4.69, 9.17) is 9.47 Å². The van der Waals surface area contributed by atoms with Gasteiger partial charge in [0.25, 0.3) is 11.8 Å². The van der Waals surface area contributed by atoms with Gasteiger partial charge in [0, 0.05) is 5.69 Å². The molecule has 0 bridgehead atoms. The maximum Gasteiger partial charge on any atom is 0.329 e. The first-order chi connectivity index (χ1) is 14.7. The smallest absolute Gasteiger partial charge is 0.329 e. The third-order valence-electron chi connectivity index (χ3n) is 4.74. The van der Waals surface area contributed by atoms with Crippen molar-refractivity contribution in [2.75, 3.05) is 11.9 Å². The molecule has 0 aliphatic carbocycles. The van der Waals surface area contributed by atoms with Gasteiger partial charge in [-0.2, -0.15) is 0 Å². The van der Waals surface area contributed by atoms with Crippen molar-refractivity contribution in [3.05, 3.63) is 59.7 Å². The van der Waals surface area contributed by atoms with Crippen molar-refractivity contribution in [2.45, 2.75) is 46.8 Å². The average Bonchev–Trinajstić information content (AvgIpc) is 2.73. The SMILES string of the molecule is Cc1cccc(C)c1NC(=O)[C@@H](C)OC(=O)[C@@H](NC(=O)COc1ccccc1)C(C)C. The normalized spacial score (nSPS) is 12.6. The summed E-state index contributed by atoms with van der Waals surface area (Å²) in [6.45, 7) is 8.61. The van der Waals surface area contributed by atoms with Crippen LogP contribution >= 0.6 is 0 Å². The Balaban J connectivity index is 1.93. The zero-order chi connectivity index (χ0) is 23.0. The van der Waals surface area contributed by atoms with Crippen molar-refractivity contribution < 1.29 is 23.9 Å². The van der Waals surface area contributed by atoms with Crippen LogP contribution < -0.4 is 15.4 Å². The van der Waals surface area contributed by atoms with Gasteiger partial charge in [-0.1, -0.05) is 50.2 Å². The van der Waals surface area contributed by atoms with Gasteiger partial charge in [-0.3, -0.25) is 9.59 Å². The van der Waals surface area contributed by atoms with Gasteiger partial charge >= 0.3 is 5.97 Å². The van der Waals surface area contributed by atoms with Gasteiger partial charge in [-0.15, -0.1) is 0 Å². The Morgan fingerprint density at radius 2 is 1.52 bits per heavy atom. The minimum absolute atomic E-state index is 0.233. The molecule has 0 unspecified atom stereocenters. The molecule has 0 radical (unpaired) electrons. The van der Waals surface area contributed by atoms with Gasteiger partial charge in [-0.05, 0) is 49.9 Å². The molecule has 7 nitrogen and oxygen atoms in total. The van der Waals surface area contributed by atoms with Crippen LogP contribution in [0.15, 0.2) is 48.5 Å². The molecule has 166 valence electrons. The molecule has 31 heavy (non-hydrogen) atoms. The highest BCUT2D eigenvalue weighted by atomic mass is 16.5. The Hall–Kier alpha value is -3.35. The van der Waals surface area contributed by atoms with Crippen molar-refractivity contribution >= 4 is 23.5 Å². The maximum atomic E-state index is 12.6. The second kappa shape index (κ2) is 11.2.